The van der Waals surface area contributed by atoms with Crippen LogP contribution in [0.4, 0.5) is 0 Å². The molecule has 0 aliphatic carbocycles. The molecule has 0 aromatic heterocycles. The number of ketones is 1. The zero-order chi connectivity index (χ0) is 14.6. The predicted molar refractivity (Wildman–Crippen MR) is 79.1 cm³/mol. The van der Waals surface area contributed by atoms with E-state index in [0.29, 0.717) is 17.9 Å². The molecule has 0 atom stereocenters. The van der Waals surface area contributed by atoms with E-state index in [0.717, 1.165) is 12.0 Å². The summed E-state index contributed by atoms with van der Waals surface area (Å²) in [5.41, 5.74) is 1.77. The van der Waals surface area contributed by atoms with Gasteiger partial charge in [-0.3, -0.25) is 9.69 Å². The van der Waals surface area contributed by atoms with Gasteiger partial charge in [0.25, 0.3) is 0 Å². The second-order valence-corrected chi connectivity index (χ2v) is 5.65. The average Bonchev–Trinajstić information content (AvgIpc) is 2.38. The Hall–Kier alpha value is -1.35. The van der Waals surface area contributed by atoms with Gasteiger partial charge >= 0.3 is 0 Å². The minimum Gasteiger partial charge on any atom is -0.496 e. The standard InChI is InChI=1S/C16H25NO2/c1-7-16(3,4)17(5)11-14(18)13-9-8-12(2)10-15(13)19-6/h8-10H,7,11H2,1-6H3. The van der Waals surface area contributed by atoms with Crippen LogP contribution < -0.4 is 4.74 Å². The molecule has 0 fully saturated rings. The molecule has 0 unspecified atom stereocenters. The Balaban J connectivity index is 2.90. The molecule has 0 aliphatic rings. The molecule has 106 valence electrons. The third-order valence-corrected chi connectivity index (χ3v) is 3.94. The van der Waals surface area contributed by atoms with Gasteiger partial charge in [-0.2, -0.15) is 0 Å². The van der Waals surface area contributed by atoms with Crippen molar-refractivity contribution in [1.82, 2.24) is 4.90 Å². The summed E-state index contributed by atoms with van der Waals surface area (Å²) >= 11 is 0. The van der Waals surface area contributed by atoms with Gasteiger partial charge in [-0.05, 0) is 51.9 Å². The Kier molecular flexibility index (Phi) is 5.12. The largest absolute Gasteiger partial charge is 0.496 e. The summed E-state index contributed by atoms with van der Waals surface area (Å²) in [5.74, 6) is 0.758. The molecule has 0 saturated carbocycles. The molecule has 0 heterocycles. The molecule has 3 nitrogen and oxygen atoms in total. The highest BCUT2D eigenvalue weighted by atomic mass is 16.5. The van der Waals surface area contributed by atoms with Crippen LogP contribution >= 0.6 is 0 Å². The fourth-order valence-corrected chi connectivity index (χ4v) is 1.81. The van der Waals surface area contributed by atoms with Gasteiger partial charge in [-0.1, -0.05) is 13.0 Å². The minimum atomic E-state index is 0.0214. The van der Waals surface area contributed by atoms with Crippen LogP contribution in [0, 0.1) is 6.92 Å². The topological polar surface area (TPSA) is 29.5 Å². The molecule has 0 radical (unpaired) electrons. The lowest BCUT2D eigenvalue weighted by atomic mass is 9.98. The number of methoxy groups -OCH3 is 1. The predicted octanol–water partition coefficient (Wildman–Crippen LogP) is 3.31. The van der Waals surface area contributed by atoms with E-state index < -0.39 is 0 Å². The lowest BCUT2D eigenvalue weighted by Crippen LogP contribution is -2.43. The van der Waals surface area contributed by atoms with Gasteiger partial charge in [0.05, 0.1) is 19.2 Å². The molecule has 19 heavy (non-hydrogen) atoms. The van der Waals surface area contributed by atoms with Crippen LogP contribution in [-0.4, -0.2) is 36.9 Å². The van der Waals surface area contributed by atoms with Gasteiger partial charge in [0.1, 0.15) is 5.75 Å². The van der Waals surface area contributed by atoms with Crippen molar-refractivity contribution in [3.05, 3.63) is 29.3 Å². The first-order valence-electron chi connectivity index (χ1n) is 6.71. The van der Waals surface area contributed by atoms with Crippen molar-refractivity contribution < 1.29 is 9.53 Å². The van der Waals surface area contributed by atoms with Crippen LogP contribution in [-0.2, 0) is 0 Å². The zero-order valence-corrected chi connectivity index (χ0v) is 12.9. The average molecular weight is 263 g/mol. The van der Waals surface area contributed by atoms with E-state index in [1.54, 1.807) is 7.11 Å². The summed E-state index contributed by atoms with van der Waals surface area (Å²) in [5, 5.41) is 0. The monoisotopic (exact) mass is 263 g/mol. The summed E-state index contributed by atoms with van der Waals surface area (Å²) in [7, 11) is 3.59. The molecule has 3 heteroatoms. The van der Waals surface area contributed by atoms with Gasteiger partial charge in [-0.15, -0.1) is 0 Å². The molecular formula is C16H25NO2. The maximum Gasteiger partial charge on any atom is 0.180 e. The van der Waals surface area contributed by atoms with Crippen molar-refractivity contribution >= 4 is 5.78 Å². The molecule has 0 spiro atoms. The number of carbonyl (C=O) groups excluding carboxylic acids is 1. The maximum atomic E-state index is 12.4. The van der Waals surface area contributed by atoms with Gasteiger partial charge < -0.3 is 4.74 Å². The van der Waals surface area contributed by atoms with E-state index >= 15 is 0 Å². The fraction of sp³-hybridized carbons (Fsp3) is 0.562. The van der Waals surface area contributed by atoms with Crippen molar-refractivity contribution in [2.24, 2.45) is 0 Å². The first-order valence-corrected chi connectivity index (χ1v) is 6.71. The second kappa shape index (κ2) is 6.20. The highest BCUT2D eigenvalue weighted by Crippen LogP contribution is 2.22. The first-order chi connectivity index (χ1) is 8.81. The van der Waals surface area contributed by atoms with Crippen LogP contribution in [0.2, 0.25) is 0 Å². The number of Topliss-reactive ketones (excluding diaryl/α,β-unsaturated/α-hetero) is 1. The number of hydrogen-bond acceptors (Lipinski definition) is 3. The van der Waals surface area contributed by atoms with Crippen LogP contribution in [0.25, 0.3) is 0 Å². The van der Waals surface area contributed by atoms with Crippen molar-refractivity contribution in [1.29, 1.82) is 0 Å². The first kappa shape index (κ1) is 15.7. The van der Waals surface area contributed by atoms with Crippen molar-refractivity contribution in [3.8, 4) is 5.75 Å². The summed E-state index contributed by atoms with van der Waals surface area (Å²) in [6.07, 6.45) is 1.00. The van der Waals surface area contributed by atoms with Crippen LogP contribution in [0.1, 0.15) is 43.1 Å². The SMILES string of the molecule is CCC(C)(C)N(C)CC(=O)c1ccc(C)cc1OC. The van der Waals surface area contributed by atoms with Crippen molar-refractivity contribution in [2.45, 2.75) is 39.7 Å². The van der Waals surface area contributed by atoms with Gasteiger partial charge in [0.2, 0.25) is 0 Å². The fourth-order valence-electron chi connectivity index (χ4n) is 1.81. The Morgan fingerprint density at radius 1 is 1.37 bits per heavy atom. The molecule has 0 N–H and O–H groups in total. The van der Waals surface area contributed by atoms with Gasteiger partial charge in [0, 0.05) is 5.54 Å². The van der Waals surface area contributed by atoms with E-state index in [2.05, 4.69) is 25.7 Å². The molecule has 1 aromatic carbocycles. The molecule has 1 rings (SSSR count). The van der Waals surface area contributed by atoms with Crippen LogP contribution in [0.5, 0.6) is 5.75 Å². The molecule has 1 aromatic rings. The smallest absolute Gasteiger partial charge is 0.180 e. The summed E-state index contributed by atoms with van der Waals surface area (Å²) in [6.45, 7) is 8.82. The summed E-state index contributed by atoms with van der Waals surface area (Å²) in [6, 6.07) is 5.70. The maximum absolute atomic E-state index is 12.4. The van der Waals surface area contributed by atoms with Crippen LogP contribution in [0.3, 0.4) is 0 Å². The molecular weight excluding hydrogens is 238 g/mol. The third-order valence-electron chi connectivity index (χ3n) is 3.94. The number of nitrogens with zero attached hydrogens (tertiary/aromatic N) is 1. The number of rotatable bonds is 6. The molecule has 0 bridgehead atoms. The quantitative estimate of drug-likeness (QED) is 0.737. The zero-order valence-electron chi connectivity index (χ0n) is 12.9. The molecule has 0 aliphatic heterocycles. The number of hydrogen-bond donors (Lipinski definition) is 0. The van der Waals surface area contributed by atoms with E-state index in [4.69, 9.17) is 4.74 Å². The Morgan fingerprint density at radius 2 is 2.00 bits per heavy atom. The number of aryl methyl sites for hydroxylation is 1. The molecule has 0 amide bonds. The summed E-state index contributed by atoms with van der Waals surface area (Å²) < 4.78 is 5.30. The highest BCUT2D eigenvalue weighted by molar-refractivity contribution is 6.00. The van der Waals surface area contributed by atoms with Crippen LogP contribution in [0.15, 0.2) is 18.2 Å². The number of likely N-dealkylation sites (N-methyl/N-ethyl adjacent to an activating group) is 1. The van der Waals surface area contributed by atoms with Gasteiger partial charge in [0.15, 0.2) is 5.78 Å². The Bertz CT molecular complexity index is 452. The van der Waals surface area contributed by atoms with Crippen molar-refractivity contribution in [2.75, 3.05) is 20.7 Å². The van der Waals surface area contributed by atoms with E-state index in [1.807, 2.05) is 32.2 Å². The third kappa shape index (κ3) is 3.80. The lowest BCUT2D eigenvalue weighted by Gasteiger charge is -2.34. The number of ether oxygens (including phenoxy) is 1. The highest BCUT2D eigenvalue weighted by Gasteiger charge is 2.24. The number of carbonyl (C=O) groups is 1. The Morgan fingerprint density at radius 3 is 2.53 bits per heavy atom. The normalized spacial score (nSPS) is 11.7. The van der Waals surface area contributed by atoms with Gasteiger partial charge in [-0.25, -0.2) is 0 Å². The second-order valence-electron chi connectivity index (χ2n) is 5.65. The summed E-state index contributed by atoms with van der Waals surface area (Å²) in [4.78, 5) is 14.5. The van der Waals surface area contributed by atoms with E-state index in [9.17, 15) is 4.79 Å². The van der Waals surface area contributed by atoms with E-state index in [1.165, 1.54) is 0 Å². The van der Waals surface area contributed by atoms with E-state index in [-0.39, 0.29) is 11.3 Å². The molecule has 0 saturated heterocycles. The van der Waals surface area contributed by atoms with Crippen molar-refractivity contribution in [3.63, 3.8) is 0 Å². The minimum absolute atomic E-state index is 0.0214. The Labute approximate surface area is 116 Å². The lowest BCUT2D eigenvalue weighted by molar-refractivity contribution is 0.0844. The number of benzene rings is 1.